The topological polar surface area (TPSA) is 87.5 Å². The molecule has 3 rings (SSSR count). The van der Waals surface area contributed by atoms with Crippen molar-refractivity contribution in [1.29, 1.82) is 0 Å². The Kier molecular flexibility index (Phi) is 4.13. The van der Waals surface area contributed by atoms with Crippen LogP contribution in [0.3, 0.4) is 0 Å². The van der Waals surface area contributed by atoms with E-state index in [0.717, 1.165) is 29.9 Å². The quantitative estimate of drug-likeness (QED) is 0.752. The van der Waals surface area contributed by atoms with Gasteiger partial charge in [-0.3, -0.25) is 9.20 Å². The first-order valence-electron chi connectivity index (χ1n) is 8.32. The molecule has 2 N–H and O–H groups in total. The number of benzene rings is 1. The molecule has 6 heteroatoms. The molecule has 0 saturated heterocycles. The highest BCUT2D eigenvalue weighted by atomic mass is 16.4. The van der Waals surface area contributed by atoms with Crippen molar-refractivity contribution < 1.29 is 9.90 Å². The minimum absolute atomic E-state index is 0.150. The van der Waals surface area contributed by atoms with Gasteiger partial charge in [0.2, 0.25) is 0 Å². The third kappa shape index (κ3) is 2.38. The average Bonchev–Trinajstić information content (AvgIpc) is 2.96. The van der Waals surface area contributed by atoms with Crippen LogP contribution in [0.4, 0.5) is 0 Å². The van der Waals surface area contributed by atoms with E-state index in [1.54, 1.807) is 12.1 Å². The Labute approximate surface area is 139 Å². The molecule has 24 heavy (non-hydrogen) atoms. The average molecular weight is 327 g/mol. The monoisotopic (exact) mass is 327 g/mol. The number of nitrogens with zero attached hydrogens (tertiary/aromatic N) is 2. The van der Waals surface area contributed by atoms with Crippen LogP contribution in [0.5, 0.6) is 0 Å². The summed E-state index contributed by atoms with van der Waals surface area (Å²) >= 11 is 0. The number of imidazole rings is 1. The van der Waals surface area contributed by atoms with Gasteiger partial charge in [0, 0.05) is 5.92 Å². The number of hydrogen-bond acceptors (Lipinski definition) is 3. The lowest BCUT2D eigenvalue weighted by atomic mass is 10.0. The first-order chi connectivity index (χ1) is 11.5. The summed E-state index contributed by atoms with van der Waals surface area (Å²) in [7, 11) is 0. The van der Waals surface area contributed by atoms with Crippen LogP contribution in [0.2, 0.25) is 0 Å². The first kappa shape index (κ1) is 16.2. The molecule has 0 saturated carbocycles. The molecule has 1 aromatic carbocycles. The number of H-pyrrole nitrogens is 1. The van der Waals surface area contributed by atoms with E-state index in [0.29, 0.717) is 17.5 Å². The maximum atomic E-state index is 12.6. The second-order valence-corrected chi connectivity index (χ2v) is 5.96. The van der Waals surface area contributed by atoms with Crippen LogP contribution < -0.4 is 5.56 Å². The van der Waals surface area contributed by atoms with Gasteiger partial charge in [0.25, 0.3) is 5.56 Å². The number of fused-ring (bicyclic) bond motifs is 3. The molecule has 0 unspecified atom stereocenters. The number of rotatable bonds is 5. The summed E-state index contributed by atoms with van der Waals surface area (Å²) in [6, 6.07) is 4.81. The number of carbonyl (C=O) groups is 1. The summed E-state index contributed by atoms with van der Waals surface area (Å²) in [6.45, 7) is 6.20. The zero-order valence-corrected chi connectivity index (χ0v) is 14.1. The van der Waals surface area contributed by atoms with E-state index < -0.39 is 5.97 Å². The predicted molar refractivity (Wildman–Crippen MR) is 93.0 cm³/mol. The maximum absolute atomic E-state index is 12.6. The molecule has 0 aliphatic carbocycles. The minimum atomic E-state index is -1.02. The smallest absolute Gasteiger partial charge is 0.335 e. The molecule has 0 aliphatic rings. The van der Waals surface area contributed by atoms with E-state index in [2.05, 4.69) is 18.8 Å². The summed E-state index contributed by atoms with van der Waals surface area (Å²) in [5.41, 5.74) is 2.56. The molecular weight excluding hydrogens is 306 g/mol. The maximum Gasteiger partial charge on any atom is 0.335 e. The van der Waals surface area contributed by atoms with E-state index in [1.165, 1.54) is 6.07 Å². The minimum Gasteiger partial charge on any atom is -0.478 e. The van der Waals surface area contributed by atoms with Crippen LogP contribution in [0.15, 0.2) is 23.0 Å². The highest BCUT2D eigenvalue weighted by Gasteiger charge is 2.21. The van der Waals surface area contributed by atoms with Gasteiger partial charge in [-0.15, -0.1) is 0 Å². The molecule has 0 bridgehead atoms. The van der Waals surface area contributed by atoms with Crippen molar-refractivity contribution in [3.8, 4) is 0 Å². The molecule has 0 atom stereocenters. The van der Waals surface area contributed by atoms with Crippen LogP contribution in [-0.2, 0) is 6.42 Å². The largest absolute Gasteiger partial charge is 0.478 e. The molecule has 126 valence electrons. The van der Waals surface area contributed by atoms with Crippen molar-refractivity contribution in [3.63, 3.8) is 0 Å². The lowest BCUT2D eigenvalue weighted by molar-refractivity contribution is 0.0697. The van der Waals surface area contributed by atoms with Crippen molar-refractivity contribution in [2.45, 2.75) is 46.0 Å². The lowest BCUT2D eigenvalue weighted by Crippen LogP contribution is -2.13. The van der Waals surface area contributed by atoms with Crippen molar-refractivity contribution in [2.24, 2.45) is 0 Å². The zero-order chi connectivity index (χ0) is 17.4. The number of nitrogens with one attached hydrogen (secondary N) is 1. The van der Waals surface area contributed by atoms with Crippen molar-refractivity contribution in [2.75, 3.05) is 0 Å². The normalized spacial score (nSPS) is 11.7. The molecule has 6 nitrogen and oxygen atoms in total. The molecule has 2 aromatic heterocycles. The van der Waals surface area contributed by atoms with Crippen LogP contribution in [0, 0.1) is 0 Å². The predicted octanol–water partition coefficient (Wildman–Crippen LogP) is 3.34. The van der Waals surface area contributed by atoms with E-state index in [1.807, 2.05) is 11.3 Å². The van der Waals surface area contributed by atoms with Crippen molar-refractivity contribution in [3.05, 3.63) is 45.6 Å². The molecule has 2 heterocycles. The summed E-state index contributed by atoms with van der Waals surface area (Å²) in [4.78, 5) is 31.4. The van der Waals surface area contributed by atoms with E-state index in [4.69, 9.17) is 4.98 Å². The number of aryl methyl sites for hydroxylation is 1. The van der Waals surface area contributed by atoms with Gasteiger partial charge in [-0.05, 0) is 37.5 Å². The summed E-state index contributed by atoms with van der Waals surface area (Å²) in [6.07, 6.45) is 2.53. The lowest BCUT2D eigenvalue weighted by Gasteiger charge is -2.13. The summed E-state index contributed by atoms with van der Waals surface area (Å²) < 4.78 is 1.91. The Bertz CT molecular complexity index is 980. The van der Waals surface area contributed by atoms with Crippen LogP contribution in [-0.4, -0.2) is 25.4 Å². The van der Waals surface area contributed by atoms with Crippen LogP contribution in [0.1, 0.15) is 61.4 Å². The van der Waals surface area contributed by atoms with Gasteiger partial charge in [-0.25, -0.2) is 9.78 Å². The Morgan fingerprint density at radius 3 is 2.58 bits per heavy atom. The van der Waals surface area contributed by atoms with Gasteiger partial charge < -0.3 is 10.1 Å². The second-order valence-electron chi connectivity index (χ2n) is 5.96. The zero-order valence-electron chi connectivity index (χ0n) is 14.1. The molecule has 0 amide bonds. The number of aromatic carboxylic acids is 1. The Hall–Kier alpha value is -2.63. The highest BCUT2D eigenvalue weighted by molar-refractivity contribution is 5.92. The number of hydrogen-bond donors (Lipinski definition) is 2. The standard InChI is InChI=1S/C18H21N3O3/c1-4-10(5-2)16-19-12(6-3)15-17(22)20-13-9-11(18(23)24)7-8-14(13)21(15)16/h7-10H,4-6H2,1-3H3,(H,20,22)(H,23,24). The fraction of sp³-hybridized carbons (Fsp3) is 0.389. The van der Waals surface area contributed by atoms with Gasteiger partial charge in [-0.2, -0.15) is 0 Å². The van der Waals surface area contributed by atoms with Gasteiger partial charge in [-0.1, -0.05) is 20.8 Å². The molecule has 0 spiro atoms. The fourth-order valence-corrected chi connectivity index (χ4v) is 3.28. The second kappa shape index (κ2) is 6.11. The number of aromatic nitrogens is 3. The van der Waals surface area contributed by atoms with E-state index in [-0.39, 0.29) is 17.0 Å². The Balaban J connectivity index is 2.47. The first-order valence-corrected chi connectivity index (χ1v) is 8.32. The molecular formula is C18H21N3O3. The molecule has 0 radical (unpaired) electrons. The summed E-state index contributed by atoms with van der Waals surface area (Å²) in [5, 5.41) is 9.18. The fourth-order valence-electron chi connectivity index (χ4n) is 3.28. The Morgan fingerprint density at radius 1 is 1.29 bits per heavy atom. The van der Waals surface area contributed by atoms with Crippen LogP contribution >= 0.6 is 0 Å². The van der Waals surface area contributed by atoms with Crippen molar-refractivity contribution in [1.82, 2.24) is 14.4 Å². The van der Waals surface area contributed by atoms with Gasteiger partial charge in [0.05, 0.1) is 22.3 Å². The molecule has 3 aromatic rings. The number of aromatic amines is 1. The number of carboxylic acid groups (broad SMARTS) is 1. The van der Waals surface area contributed by atoms with Gasteiger partial charge in [0.1, 0.15) is 11.3 Å². The van der Waals surface area contributed by atoms with Gasteiger partial charge in [0.15, 0.2) is 0 Å². The molecule has 0 aliphatic heterocycles. The highest BCUT2D eigenvalue weighted by Crippen LogP contribution is 2.27. The van der Waals surface area contributed by atoms with Crippen molar-refractivity contribution >= 4 is 22.5 Å². The van der Waals surface area contributed by atoms with E-state index >= 15 is 0 Å². The SMILES string of the molecule is CCc1nc(C(CC)CC)n2c1c(=O)[nH]c1cc(C(=O)O)ccc12. The summed E-state index contributed by atoms with van der Waals surface area (Å²) in [5.74, 6) is 0.117. The third-order valence-corrected chi connectivity index (χ3v) is 4.61. The molecule has 0 fully saturated rings. The Morgan fingerprint density at radius 2 is 2.00 bits per heavy atom. The van der Waals surface area contributed by atoms with E-state index in [9.17, 15) is 14.7 Å². The van der Waals surface area contributed by atoms with Gasteiger partial charge >= 0.3 is 5.97 Å². The third-order valence-electron chi connectivity index (χ3n) is 4.61. The number of carboxylic acids is 1. The van der Waals surface area contributed by atoms with Crippen LogP contribution in [0.25, 0.3) is 16.6 Å².